The van der Waals surface area contributed by atoms with Crippen LogP contribution in [0.25, 0.3) is 0 Å². The fourth-order valence-electron chi connectivity index (χ4n) is 1.93. The van der Waals surface area contributed by atoms with Crippen LogP contribution in [0.2, 0.25) is 0 Å². The maximum atomic E-state index is 9.62. The van der Waals surface area contributed by atoms with Crippen LogP contribution in [0.15, 0.2) is 36.4 Å². The molecule has 0 saturated heterocycles. The lowest BCUT2D eigenvalue weighted by Crippen LogP contribution is -2.00. The van der Waals surface area contributed by atoms with Gasteiger partial charge in [-0.3, -0.25) is 0 Å². The quantitative estimate of drug-likeness (QED) is 0.751. The second-order valence-electron chi connectivity index (χ2n) is 5.06. The molecule has 0 bridgehead atoms. The van der Waals surface area contributed by atoms with Gasteiger partial charge >= 0.3 is 0 Å². The van der Waals surface area contributed by atoms with Crippen molar-refractivity contribution < 1.29 is 24.4 Å². The Morgan fingerprint density at radius 2 is 1.13 bits per heavy atom. The second kappa shape index (κ2) is 8.17. The normalized spacial score (nSPS) is 10.3. The van der Waals surface area contributed by atoms with Crippen LogP contribution in [0.4, 0.5) is 0 Å². The minimum atomic E-state index is 0.108. The van der Waals surface area contributed by atoms with Gasteiger partial charge < -0.3 is 24.4 Å². The Morgan fingerprint density at radius 1 is 0.696 bits per heavy atom. The Bertz CT molecular complexity index is 584. The van der Waals surface area contributed by atoms with Crippen molar-refractivity contribution >= 4 is 0 Å². The summed E-state index contributed by atoms with van der Waals surface area (Å²) in [7, 11) is 0. The van der Waals surface area contributed by atoms with Gasteiger partial charge in [-0.25, -0.2) is 0 Å². The van der Waals surface area contributed by atoms with E-state index in [1.165, 1.54) is 24.3 Å². The number of ether oxygens (including phenoxy) is 3. The Labute approximate surface area is 136 Å². The van der Waals surface area contributed by atoms with Gasteiger partial charge in [-0.1, -0.05) is 13.8 Å². The highest BCUT2D eigenvalue weighted by atomic mass is 16.5. The topological polar surface area (TPSA) is 68.2 Å². The van der Waals surface area contributed by atoms with E-state index in [-0.39, 0.29) is 11.5 Å². The van der Waals surface area contributed by atoms with E-state index in [1.807, 2.05) is 13.8 Å². The second-order valence-corrected chi connectivity index (χ2v) is 5.06. The molecule has 0 radical (unpaired) electrons. The van der Waals surface area contributed by atoms with Crippen LogP contribution in [0, 0.1) is 0 Å². The molecule has 0 aromatic heterocycles. The van der Waals surface area contributed by atoms with Gasteiger partial charge in [0.1, 0.15) is 11.5 Å². The van der Waals surface area contributed by atoms with Crippen LogP contribution >= 0.6 is 0 Å². The average molecular weight is 318 g/mol. The third-order valence-electron chi connectivity index (χ3n) is 3.00. The number of phenols is 2. The van der Waals surface area contributed by atoms with Crippen molar-refractivity contribution in [3.8, 4) is 34.5 Å². The summed E-state index contributed by atoms with van der Waals surface area (Å²) in [6.45, 7) is 5.04. The molecule has 0 fully saturated rings. The van der Waals surface area contributed by atoms with Gasteiger partial charge in [-0.2, -0.15) is 0 Å². The molecule has 0 aliphatic heterocycles. The van der Waals surface area contributed by atoms with E-state index < -0.39 is 0 Å². The maximum Gasteiger partial charge on any atom is 0.169 e. The highest BCUT2D eigenvalue weighted by Crippen LogP contribution is 2.39. The van der Waals surface area contributed by atoms with Crippen molar-refractivity contribution in [3.63, 3.8) is 0 Å². The van der Waals surface area contributed by atoms with Gasteiger partial charge in [-0.15, -0.1) is 0 Å². The van der Waals surface area contributed by atoms with Gasteiger partial charge in [0.05, 0.1) is 13.2 Å². The molecule has 124 valence electrons. The molecular formula is C18H22O5. The number of hydrogen-bond acceptors (Lipinski definition) is 5. The summed E-state index contributed by atoms with van der Waals surface area (Å²) in [4.78, 5) is 0. The molecule has 0 aliphatic rings. The van der Waals surface area contributed by atoms with E-state index in [0.717, 1.165) is 12.8 Å². The zero-order valence-corrected chi connectivity index (χ0v) is 13.4. The van der Waals surface area contributed by atoms with E-state index in [0.29, 0.717) is 36.2 Å². The van der Waals surface area contributed by atoms with Gasteiger partial charge in [0.2, 0.25) is 0 Å². The maximum absolute atomic E-state index is 9.62. The van der Waals surface area contributed by atoms with Crippen molar-refractivity contribution in [3.05, 3.63) is 36.4 Å². The van der Waals surface area contributed by atoms with Crippen molar-refractivity contribution in [1.29, 1.82) is 0 Å². The SMILES string of the molecule is CCCOc1cc(O)ccc1Oc1ccc(O)cc1OCCC. The molecule has 0 amide bonds. The molecule has 5 nitrogen and oxygen atoms in total. The van der Waals surface area contributed by atoms with Gasteiger partial charge in [0.25, 0.3) is 0 Å². The summed E-state index contributed by atoms with van der Waals surface area (Å²) >= 11 is 0. The Kier molecular flexibility index (Phi) is 5.97. The number of phenolic OH excluding ortho intramolecular Hbond substituents is 2. The first kappa shape index (κ1) is 16.8. The first-order valence-corrected chi connectivity index (χ1v) is 7.73. The highest BCUT2D eigenvalue weighted by Gasteiger charge is 2.12. The summed E-state index contributed by atoms with van der Waals surface area (Å²) in [6.07, 6.45) is 1.69. The molecule has 2 rings (SSSR count). The van der Waals surface area contributed by atoms with Gasteiger partial charge in [-0.05, 0) is 37.1 Å². The van der Waals surface area contributed by atoms with E-state index in [9.17, 15) is 10.2 Å². The van der Waals surface area contributed by atoms with Crippen LogP contribution in [-0.2, 0) is 0 Å². The predicted molar refractivity (Wildman–Crippen MR) is 87.9 cm³/mol. The molecule has 0 aliphatic carbocycles. The standard InChI is InChI=1S/C18H22O5/c1-3-9-21-17-11-13(19)5-7-15(17)23-16-8-6-14(20)12-18(16)22-10-4-2/h5-8,11-12,19-20H,3-4,9-10H2,1-2H3. The number of rotatable bonds is 8. The largest absolute Gasteiger partial charge is 0.508 e. The lowest BCUT2D eigenvalue weighted by molar-refractivity contribution is 0.286. The van der Waals surface area contributed by atoms with E-state index >= 15 is 0 Å². The molecule has 2 aromatic rings. The van der Waals surface area contributed by atoms with Crippen molar-refractivity contribution in [1.82, 2.24) is 0 Å². The van der Waals surface area contributed by atoms with Crippen LogP contribution in [-0.4, -0.2) is 23.4 Å². The Balaban J connectivity index is 2.27. The van der Waals surface area contributed by atoms with Gasteiger partial charge in [0, 0.05) is 12.1 Å². The minimum absolute atomic E-state index is 0.108. The van der Waals surface area contributed by atoms with Crippen LogP contribution in [0.5, 0.6) is 34.5 Å². The molecule has 0 atom stereocenters. The highest BCUT2D eigenvalue weighted by molar-refractivity contribution is 5.51. The number of benzene rings is 2. The number of hydrogen-bond donors (Lipinski definition) is 2. The summed E-state index contributed by atoms with van der Waals surface area (Å²) in [6, 6.07) is 9.35. The molecule has 5 heteroatoms. The van der Waals surface area contributed by atoms with E-state index in [2.05, 4.69) is 0 Å². The molecule has 0 spiro atoms. The van der Waals surface area contributed by atoms with Crippen molar-refractivity contribution in [2.75, 3.05) is 13.2 Å². The lowest BCUT2D eigenvalue weighted by Gasteiger charge is -2.15. The zero-order valence-electron chi connectivity index (χ0n) is 13.4. The summed E-state index contributed by atoms with van der Waals surface area (Å²) in [5.74, 6) is 2.09. The number of aromatic hydroxyl groups is 2. The molecular weight excluding hydrogens is 296 g/mol. The molecule has 0 saturated carbocycles. The molecule has 0 unspecified atom stereocenters. The van der Waals surface area contributed by atoms with Crippen LogP contribution < -0.4 is 14.2 Å². The molecule has 0 heterocycles. The third-order valence-corrected chi connectivity index (χ3v) is 3.00. The molecule has 23 heavy (non-hydrogen) atoms. The smallest absolute Gasteiger partial charge is 0.169 e. The monoisotopic (exact) mass is 318 g/mol. The van der Waals surface area contributed by atoms with Gasteiger partial charge in [0.15, 0.2) is 23.0 Å². The van der Waals surface area contributed by atoms with Crippen molar-refractivity contribution in [2.45, 2.75) is 26.7 Å². The molecule has 2 N–H and O–H groups in total. The summed E-state index contributed by atoms with van der Waals surface area (Å²) in [5.41, 5.74) is 0. The fraction of sp³-hybridized carbons (Fsp3) is 0.333. The molecule has 2 aromatic carbocycles. The summed E-state index contributed by atoms with van der Waals surface area (Å²) < 4.78 is 17.1. The lowest BCUT2D eigenvalue weighted by atomic mass is 10.2. The minimum Gasteiger partial charge on any atom is -0.508 e. The average Bonchev–Trinajstić information content (AvgIpc) is 2.54. The Hall–Kier alpha value is -2.56. The van der Waals surface area contributed by atoms with E-state index in [4.69, 9.17) is 14.2 Å². The zero-order chi connectivity index (χ0) is 16.7. The van der Waals surface area contributed by atoms with Crippen molar-refractivity contribution in [2.24, 2.45) is 0 Å². The Morgan fingerprint density at radius 3 is 1.52 bits per heavy atom. The van der Waals surface area contributed by atoms with Crippen LogP contribution in [0.3, 0.4) is 0 Å². The van der Waals surface area contributed by atoms with Crippen LogP contribution in [0.1, 0.15) is 26.7 Å². The fourth-order valence-corrected chi connectivity index (χ4v) is 1.93. The predicted octanol–water partition coefficient (Wildman–Crippen LogP) is 4.47. The first-order chi connectivity index (χ1) is 11.1. The first-order valence-electron chi connectivity index (χ1n) is 7.73. The van der Waals surface area contributed by atoms with E-state index in [1.54, 1.807) is 12.1 Å². The third kappa shape index (κ3) is 4.71. The summed E-state index contributed by atoms with van der Waals surface area (Å²) in [5, 5.41) is 19.2.